The van der Waals surface area contributed by atoms with Gasteiger partial charge in [0.15, 0.2) is 0 Å². The molecule has 1 heterocycles. The molecular formula is C6H7N2P. The minimum absolute atomic E-state index is 0.711. The normalized spacial score (nSPS) is 9.00. The Balaban J connectivity index is 3.15. The second-order valence-electron chi connectivity index (χ2n) is 1.62. The van der Waals surface area contributed by atoms with Gasteiger partial charge in [-0.2, -0.15) is 0 Å². The van der Waals surface area contributed by atoms with Gasteiger partial charge < -0.3 is 5.41 Å². The predicted octanol–water partition coefficient (Wildman–Crippen LogP) is 0.580. The van der Waals surface area contributed by atoms with Gasteiger partial charge in [-0.3, -0.25) is 4.98 Å². The van der Waals surface area contributed by atoms with Gasteiger partial charge in [0.1, 0.15) is 0 Å². The van der Waals surface area contributed by atoms with Crippen molar-refractivity contribution in [1.29, 1.82) is 5.41 Å². The molecule has 1 rings (SSSR count). The number of hydrogen-bond acceptors (Lipinski definition) is 2. The molecule has 1 atom stereocenters. The predicted molar refractivity (Wildman–Crippen MR) is 41.5 cm³/mol. The third-order valence-electron chi connectivity index (χ3n) is 1.01. The van der Waals surface area contributed by atoms with E-state index in [-0.39, 0.29) is 0 Å². The fourth-order valence-electron chi connectivity index (χ4n) is 0.551. The van der Waals surface area contributed by atoms with Crippen molar-refractivity contribution >= 4 is 20.8 Å². The Bertz CT molecular complexity index is 222. The lowest BCUT2D eigenvalue weighted by molar-refractivity contribution is 1.32. The number of aromatic nitrogens is 1. The van der Waals surface area contributed by atoms with Crippen LogP contribution in [0.2, 0.25) is 0 Å². The van der Waals surface area contributed by atoms with Gasteiger partial charge in [0, 0.05) is 12.4 Å². The minimum atomic E-state index is 0.711. The maximum absolute atomic E-state index is 6.88. The molecule has 1 N–H and O–H groups in total. The molecule has 0 aromatic carbocycles. The number of nitrogens with one attached hydrogen (secondary N) is 1. The maximum atomic E-state index is 6.88. The molecule has 0 saturated carbocycles. The summed E-state index contributed by atoms with van der Waals surface area (Å²) in [6.07, 6.45) is 2.91. The van der Waals surface area contributed by atoms with Crippen LogP contribution in [-0.2, 0) is 0 Å². The van der Waals surface area contributed by atoms with Gasteiger partial charge in [0.05, 0.1) is 5.69 Å². The van der Waals surface area contributed by atoms with Crippen molar-refractivity contribution in [3.05, 3.63) is 24.0 Å². The Morgan fingerprint density at radius 2 is 2.44 bits per heavy atom. The van der Waals surface area contributed by atoms with Crippen LogP contribution in [0, 0.1) is 5.41 Å². The maximum Gasteiger partial charge on any atom is 0.0876 e. The summed E-state index contributed by atoms with van der Waals surface area (Å²) in [5, 5.41) is 7.85. The smallest absolute Gasteiger partial charge is 0.0876 e. The minimum Gasteiger partial charge on any atom is -0.306 e. The molecule has 1 aromatic heterocycles. The van der Waals surface area contributed by atoms with E-state index in [1.807, 2.05) is 12.1 Å². The summed E-state index contributed by atoms with van der Waals surface area (Å²) >= 11 is 0. The molecule has 0 aliphatic rings. The quantitative estimate of drug-likeness (QED) is 0.447. The van der Waals surface area contributed by atoms with Crippen molar-refractivity contribution in [3.8, 4) is 0 Å². The van der Waals surface area contributed by atoms with Crippen LogP contribution in [0.25, 0.3) is 0 Å². The molecule has 0 aliphatic carbocycles. The summed E-state index contributed by atoms with van der Waals surface area (Å²) in [5.74, 6) is 0. The van der Waals surface area contributed by atoms with E-state index >= 15 is 0 Å². The van der Waals surface area contributed by atoms with E-state index in [9.17, 15) is 0 Å². The molecule has 0 bridgehead atoms. The molecule has 0 saturated heterocycles. The average molecular weight is 138 g/mol. The first kappa shape index (κ1) is 6.37. The van der Waals surface area contributed by atoms with Crippen LogP contribution in [-0.4, -0.2) is 11.2 Å². The van der Waals surface area contributed by atoms with Gasteiger partial charge in [-0.25, -0.2) is 0 Å². The second kappa shape index (κ2) is 2.70. The lowest BCUT2D eigenvalue weighted by atomic mass is 10.4. The lowest BCUT2D eigenvalue weighted by Gasteiger charge is -1.92. The number of rotatable bonds is 1. The van der Waals surface area contributed by atoms with Crippen molar-refractivity contribution in [2.45, 2.75) is 0 Å². The first-order chi connectivity index (χ1) is 4.34. The second-order valence-corrected chi connectivity index (χ2v) is 2.24. The van der Waals surface area contributed by atoms with Gasteiger partial charge in [-0.15, -0.1) is 9.24 Å². The topological polar surface area (TPSA) is 36.7 Å². The first-order valence-electron chi connectivity index (χ1n) is 2.55. The molecule has 3 heteroatoms. The van der Waals surface area contributed by atoms with E-state index in [0.29, 0.717) is 5.69 Å². The molecule has 1 unspecified atom stereocenters. The van der Waals surface area contributed by atoms with Crippen LogP contribution in [0.15, 0.2) is 18.3 Å². The molecule has 0 amide bonds. The highest BCUT2D eigenvalue weighted by atomic mass is 31.0. The molecule has 2 nitrogen and oxygen atoms in total. The number of pyridine rings is 1. The Labute approximate surface area is 56.0 Å². The fraction of sp³-hybridized carbons (Fsp3) is 0. The Morgan fingerprint density at radius 1 is 1.67 bits per heavy atom. The molecule has 0 spiro atoms. The summed E-state index contributed by atoms with van der Waals surface area (Å²) in [6, 6.07) is 3.74. The van der Waals surface area contributed by atoms with E-state index < -0.39 is 0 Å². The highest BCUT2D eigenvalue weighted by Crippen LogP contribution is 1.90. The average Bonchev–Trinajstić information content (AvgIpc) is 1.89. The fourth-order valence-corrected chi connectivity index (χ4v) is 0.820. The zero-order valence-corrected chi connectivity index (χ0v) is 5.99. The zero-order valence-electron chi connectivity index (χ0n) is 4.83. The Hall–Kier alpha value is -0.750. The van der Waals surface area contributed by atoms with Gasteiger partial charge >= 0.3 is 0 Å². The largest absolute Gasteiger partial charge is 0.306 e. The summed E-state index contributed by atoms with van der Waals surface area (Å²) in [6.45, 7) is 0. The molecule has 0 fully saturated rings. The van der Waals surface area contributed by atoms with E-state index in [2.05, 4.69) is 14.2 Å². The van der Waals surface area contributed by atoms with Crippen LogP contribution < -0.4 is 5.30 Å². The monoisotopic (exact) mass is 138 g/mol. The Kier molecular flexibility index (Phi) is 1.91. The van der Waals surface area contributed by atoms with Gasteiger partial charge in [0.25, 0.3) is 0 Å². The molecule has 9 heavy (non-hydrogen) atoms. The molecule has 1 aromatic rings. The van der Waals surface area contributed by atoms with Crippen molar-refractivity contribution in [1.82, 2.24) is 4.98 Å². The first-order valence-corrected chi connectivity index (χ1v) is 3.13. The summed E-state index contributed by atoms with van der Waals surface area (Å²) in [7, 11) is 2.52. The van der Waals surface area contributed by atoms with Crippen molar-refractivity contribution in [2.24, 2.45) is 0 Å². The Morgan fingerprint density at radius 3 is 2.89 bits per heavy atom. The van der Waals surface area contributed by atoms with Crippen LogP contribution in [0.1, 0.15) is 5.69 Å². The number of hydrogen-bond donors (Lipinski definition) is 1. The van der Waals surface area contributed by atoms with E-state index in [0.717, 1.165) is 5.30 Å². The third-order valence-corrected chi connectivity index (χ3v) is 1.50. The standard InChI is InChI=1S/C6H7N2P/c7-4-5-6(9)2-1-3-8-5/h1-4,7H,9H2. The summed E-state index contributed by atoms with van der Waals surface area (Å²) in [4.78, 5) is 3.93. The van der Waals surface area contributed by atoms with E-state index in [4.69, 9.17) is 5.41 Å². The van der Waals surface area contributed by atoms with Crippen LogP contribution >= 0.6 is 9.24 Å². The van der Waals surface area contributed by atoms with Crippen LogP contribution in [0.3, 0.4) is 0 Å². The van der Waals surface area contributed by atoms with Crippen molar-refractivity contribution < 1.29 is 0 Å². The summed E-state index contributed by atoms with van der Waals surface area (Å²) in [5.41, 5.74) is 0.711. The van der Waals surface area contributed by atoms with Gasteiger partial charge in [-0.05, 0) is 11.4 Å². The van der Waals surface area contributed by atoms with Gasteiger partial charge in [0.2, 0.25) is 0 Å². The molecular weight excluding hydrogens is 131 g/mol. The van der Waals surface area contributed by atoms with Crippen molar-refractivity contribution in [2.75, 3.05) is 0 Å². The molecule has 0 aliphatic heterocycles. The van der Waals surface area contributed by atoms with Crippen molar-refractivity contribution in [3.63, 3.8) is 0 Å². The zero-order chi connectivity index (χ0) is 6.69. The van der Waals surface area contributed by atoms with E-state index in [1.54, 1.807) is 6.20 Å². The third kappa shape index (κ3) is 1.33. The molecule has 46 valence electrons. The lowest BCUT2D eigenvalue weighted by Crippen LogP contribution is -2.01. The number of nitrogens with zero attached hydrogens (tertiary/aromatic N) is 1. The van der Waals surface area contributed by atoms with Crippen LogP contribution in [0.5, 0.6) is 0 Å². The SMILES string of the molecule is N=Cc1ncccc1P. The highest BCUT2D eigenvalue weighted by Gasteiger charge is 1.90. The summed E-state index contributed by atoms with van der Waals surface area (Å²) < 4.78 is 0. The van der Waals surface area contributed by atoms with Gasteiger partial charge in [-0.1, -0.05) is 6.07 Å². The van der Waals surface area contributed by atoms with E-state index in [1.165, 1.54) is 6.21 Å². The van der Waals surface area contributed by atoms with Crippen LogP contribution in [0.4, 0.5) is 0 Å². The highest BCUT2D eigenvalue weighted by molar-refractivity contribution is 7.27. The molecule has 0 radical (unpaired) electrons.